The predicted octanol–water partition coefficient (Wildman–Crippen LogP) is 4.12. The molecule has 1 aliphatic rings. The van der Waals surface area contributed by atoms with Gasteiger partial charge in [0, 0.05) is 31.1 Å². The second-order valence-electron chi connectivity index (χ2n) is 9.76. The first-order chi connectivity index (χ1) is 18.0. The Balaban J connectivity index is 1.66. The van der Waals surface area contributed by atoms with Crippen LogP contribution in [0.15, 0.2) is 39.2 Å². The highest BCUT2D eigenvalue weighted by Gasteiger charge is 2.26. The minimum atomic E-state index is -3.52. The maximum atomic E-state index is 14.9. The van der Waals surface area contributed by atoms with Gasteiger partial charge >= 0.3 is 0 Å². The molecule has 4 rings (SSSR count). The Morgan fingerprint density at radius 1 is 1.24 bits per heavy atom. The molecular formula is C25H34FN7O3S2. The first-order valence-electron chi connectivity index (χ1n) is 12.4. The van der Waals surface area contributed by atoms with Crippen LogP contribution in [0.5, 0.6) is 5.75 Å². The van der Waals surface area contributed by atoms with E-state index in [4.69, 9.17) is 9.72 Å². The van der Waals surface area contributed by atoms with E-state index in [0.717, 1.165) is 68.7 Å². The largest absolute Gasteiger partial charge is 0.490 e. The Morgan fingerprint density at radius 2 is 1.97 bits per heavy atom. The summed E-state index contributed by atoms with van der Waals surface area (Å²) >= 11 is 1.02. The Morgan fingerprint density at radius 3 is 2.55 bits per heavy atom. The normalized spacial score (nSPS) is 14.8. The van der Waals surface area contributed by atoms with Gasteiger partial charge in [0.1, 0.15) is 5.82 Å². The summed E-state index contributed by atoms with van der Waals surface area (Å²) in [6, 6.07) is 5.68. The van der Waals surface area contributed by atoms with Gasteiger partial charge in [-0.25, -0.2) is 22.8 Å². The van der Waals surface area contributed by atoms with Crippen LogP contribution in [0, 0.1) is 18.7 Å². The zero-order valence-electron chi connectivity index (χ0n) is 22.3. The summed E-state index contributed by atoms with van der Waals surface area (Å²) in [6.45, 7) is 4.58. The van der Waals surface area contributed by atoms with Crippen molar-refractivity contribution in [3.63, 3.8) is 0 Å². The minimum Gasteiger partial charge on any atom is -0.490 e. The van der Waals surface area contributed by atoms with E-state index in [1.54, 1.807) is 7.11 Å². The Labute approximate surface area is 227 Å². The van der Waals surface area contributed by atoms with Gasteiger partial charge in [0.15, 0.2) is 32.4 Å². The van der Waals surface area contributed by atoms with Crippen molar-refractivity contribution in [1.29, 1.82) is 0 Å². The molecule has 0 radical (unpaired) electrons. The number of anilines is 3. The smallest absolute Gasteiger partial charge is 0.204 e. The van der Waals surface area contributed by atoms with Crippen molar-refractivity contribution in [3.8, 4) is 5.75 Å². The van der Waals surface area contributed by atoms with E-state index in [-0.39, 0.29) is 9.79 Å². The summed E-state index contributed by atoms with van der Waals surface area (Å²) in [4.78, 5) is 13.9. The number of ether oxygens (including phenoxy) is 1. The predicted molar refractivity (Wildman–Crippen MR) is 147 cm³/mol. The molecule has 0 atom stereocenters. The average Bonchev–Trinajstić information content (AvgIpc) is 3.27. The zero-order chi connectivity index (χ0) is 27.4. The first-order valence-corrected chi connectivity index (χ1v) is 15.1. The third-order valence-corrected chi connectivity index (χ3v) is 8.44. The lowest BCUT2D eigenvalue weighted by atomic mass is 9.93. The topological polar surface area (TPSA) is 116 Å². The van der Waals surface area contributed by atoms with Crippen molar-refractivity contribution < 1.29 is 17.5 Å². The van der Waals surface area contributed by atoms with E-state index in [9.17, 15) is 12.8 Å². The van der Waals surface area contributed by atoms with Gasteiger partial charge in [0.2, 0.25) is 5.75 Å². The number of H-pyrrole nitrogens is 1. The fourth-order valence-electron chi connectivity index (χ4n) is 4.32. The van der Waals surface area contributed by atoms with Crippen LogP contribution in [0.1, 0.15) is 25.0 Å². The number of nitrogens with one attached hydrogen (secondary N) is 2. The second kappa shape index (κ2) is 11.9. The van der Waals surface area contributed by atoms with Crippen molar-refractivity contribution in [3.05, 3.63) is 35.8 Å². The number of nitrogens with zero attached hydrogens (tertiary/aromatic N) is 5. The highest BCUT2D eigenvalue weighted by molar-refractivity contribution is 7.99. The molecule has 13 heteroatoms. The molecule has 0 bridgehead atoms. The Hall–Kier alpha value is -2.90. The Bertz CT molecular complexity index is 1370. The molecule has 0 unspecified atom stereocenters. The first kappa shape index (κ1) is 28.1. The van der Waals surface area contributed by atoms with Crippen LogP contribution < -0.4 is 15.0 Å². The second-order valence-corrected chi connectivity index (χ2v) is 12.8. The molecule has 2 N–H and O–H groups in total. The maximum absolute atomic E-state index is 14.9. The lowest BCUT2D eigenvalue weighted by Crippen LogP contribution is -2.35. The van der Waals surface area contributed by atoms with Crippen LogP contribution in [0.4, 0.5) is 21.8 Å². The number of halogens is 1. The fraction of sp³-hybridized carbons (Fsp3) is 0.480. The van der Waals surface area contributed by atoms with Crippen molar-refractivity contribution >= 4 is 39.1 Å². The molecule has 0 saturated carbocycles. The molecule has 0 spiro atoms. The van der Waals surface area contributed by atoms with E-state index in [1.165, 1.54) is 12.1 Å². The zero-order valence-corrected chi connectivity index (χ0v) is 23.9. The van der Waals surface area contributed by atoms with Gasteiger partial charge in [-0.05, 0) is 82.7 Å². The van der Waals surface area contributed by atoms with Crippen LogP contribution in [0.25, 0.3) is 0 Å². The van der Waals surface area contributed by atoms with Gasteiger partial charge in [0.25, 0.3) is 0 Å². The molecule has 1 fully saturated rings. The summed E-state index contributed by atoms with van der Waals surface area (Å²) in [7, 11) is 2.23. The number of aromatic nitrogens is 4. The number of aromatic amines is 1. The highest BCUT2D eigenvalue weighted by Crippen LogP contribution is 2.40. The lowest BCUT2D eigenvalue weighted by Gasteiger charge is -2.34. The van der Waals surface area contributed by atoms with E-state index in [1.807, 2.05) is 13.0 Å². The molecule has 206 valence electrons. The van der Waals surface area contributed by atoms with Gasteiger partial charge < -0.3 is 19.9 Å². The van der Waals surface area contributed by atoms with Crippen molar-refractivity contribution in [2.75, 3.05) is 57.3 Å². The van der Waals surface area contributed by atoms with Crippen molar-refractivity contribution in [2.45, 2.75) is 41.1 Å². The molecule has 2 aromatic heterocycles. The summed E-state index contributed by atoms with van der Waals surface area (Å²) in [5.41, 5.74) is 0.878. The molecule has 3 aromatic rings. The third kappa shape index (κ3) is 6.94. The minimum absolute atomic E-state index is 0.0796. The number of piperidine rings is 1. The molecule has 1 aromatic carbocycles. The molecule has 3 heterocycles. The van der Waals surface area contributed by atoms with Crippen LogP contribution in [0.2, 0.25) is 0 Å². The number of sulfone groups is 1. The van der Waals surface area contributed by atoms with Gasteiger partial charge in [-0.1, -0.05) is 0 Å². The van der Waals surface area contributed by atoms with Crippen LogP contribution in [0.3, 0.4) is 0 Å². The fourth-order valence-corrected chi connectivity index (χ4v) is 5.71. The van der Waals surface area contributed by atoms with E-state index in [0.29, 0.717) is 34.3 Å². The van der Waals surface area contributed by atoms with Gasteiger partial charge in [-0.3, -0.25) is 5.10 Å². The molecule has 0 amide bonds. The number of methoxy groups -OCH3 is 1. The number of hydrogen-bond acceptors (Lipinski definition) is 10. The van der Waals surface area contributed by atoms with Gasteiger partial charge in [-0.2, -0.15) is 5.10 Å². The average molecular weight is 564 g/mol. The summed E-state index contributed by atoms with van der Waals surface area (Å²) in [5, 5.41) is 10.6. The summed E-state index contributed by atoms with van der Waals surface area (Å²) in [5.74, 6) is 2.07. The molecule has 10 nitrogen and oxygen atoms in total. The lowest BCUT2D eigenvalue weighted by molar-refractivity contribution is 0.311. The molecule has 0 aliphatic carbocycles. The molecule has 38 heavy (non-hydrogen) atoms. The van der Waals surface area contributed by atoms with Crippen LogP contribution >= 0.6 is 11.8 Å². The summed E-state index contributed by atoms with van der Waals surface area (Å²) < 4.78 is 44.3. The molecule has 1 aliphatic heterocycles. The summed E-state index contributed by atoms with van der Waals surface area (Å²) in [6.07, 6.45) is 4.27. The van der Waals surface area contributed by atoms with E-state index >= 15 is 0 Å². The van der Waals surface area contributed by atoms with Crippen LogP contribution in [-0.4, -0.2) is 80.6 Å². The number of benzene rings is 1. The number of aryl methyl sites for hydroxylation is 1. The highest BCUT2D eigenvalue weighted by atomic mass is 32.2. The van der Waals surface area contributed by atoms with Gasteiger partial charge in [0.05, 0.1) is 16.9 Å². The quantitative estimate of drug-likeness (QED) is 0.349. The van der Waals surface area contributed by atoms with Crippen LogP contribution in [-0.2, 0) is 9.84 Å². The van der Waals surface area contributed by atoms with E-state index < -0.39 is 15.7 Å². The molecule has 1 saturated heterocycles. The SMILES string of the molecule is COc1c(Nc2cc(C)[nH]n2)nc(Sc2ccc(S(C)(=O)=O)cc2F)nc1N1CCC(CCN(C)C)CC1. The Kier molecular flexibility index (Phi) is 8.78. The monoisotopic (exact) mass is 563 g/mol. The van der Waals surface area contributed by atoms with Crippen molar-refractivity contribution in [2.24, 2.45) is 5.92 Å². The van der Waals surface area contributed by atoms with E-state index in [2.05, 4.69) is 44.4 Å². The number of rotatable bonds is 10. The van der Waals surface area contributed by atoms with Crippen molar-refractivity contribution in [1.82, 2.24) is 25.1 Å². The number of hydrogen-bond donors (Lipinski definition) is 2. The third-order valence-electron chi connectivity index (χ3n) is 6.42. The molecular weight excluding hydrogens is 529 g/mol. The maximum Gasteiger partial charge on any atom is 0.204 e. The standard InChI is InChI=1S/C25H34FN7O3S2/c1-16-14-21(31-30-16)27-23-22(36-4)24(33-12-9-17(10-13-33)8-11-32(2)3)29-25(28-23)37-20-7-6-18(15-19(20)26)38(5,34)35/h6-7,14-15,17H,8-13H2,1-5H3,(H2,27,28,29,30,31). The van der Waals surface area contributed by atoms with Gasteiger partial charge in [-0.15, -0.1) is 0 Å².